The second-order valence-corrected chi connectivity index (χ2v) is 9.08. The van der Waals surface area contributed by atoms with Gasteiger partial charge in [0.1, 0.15) is 18.1 Å². The molecule has 11 nitrogen and oxygen atoms in total. The van der Waals surface area contributed by atoms with Crippen LogP contribution in [0.15, 0.2) is 0 Å². The molecule has 8 N–H and O–H groups in total. The van der Waals surface area contributed by atoms with Crippen molar-refractivity contribution in [3.8, 4) is 0 Å². The molecule has 0 aliphatic carbocycles. The van der Waals surface area contributed by atoms with Gasteiger partial charge >= 0.3 is 5.97 Å². The lowest BCUT2D eigenvalue weighted by Crippen LogP contribution is -2.57. The highest BCUT2D eigenvalue weighted by Gasteiger charge is 2.30. The molecule has 4 atom stereocenters. The molecule has 0 saturated heterocycles. The Morgan fingerprint density at radius 2 is 1.44 bits per heavy atom. The summed E-state index contributed by atoms with van der Waals surface area (Å²) in [6.45, 7) is 3.66. The van der Waals surface area contributed by atoms with Crippen LogP contribution in [0, 0.1) is 5.92 Å². The van der Waals surface area contributed by atoms with Gasteiger partial charge in [-0.3, -0.25) is 19.2 Å². The van der Waals surface area contributed by atoms with Crippen LogP contribution >= 0.6 is 24.4 Å². The number of carboxylic acids is 1. The van der Waals surface area contributed by atoms with Crippen LogP contribution in [-0.4, -0.2) is 76.6 Å². The highest BCUT2D eigenvalue weighted by molar-refractivity contribution is 7.98. The number of amides is 4. The molecule has 184 valence electrons. The monoisotopic (exact) mass is 493 g/mol. The number of nitrogens with one attached hydrogen (secondary N) is 3. The zero-order chi connectivity index (χ0) is 24.8. The second-order valence-electron chi connectivity index (χ2n) is 7.73. The van der Waals surface area contributed by atoms with Gasteiger partial charge in [-0.1, -0.05) is 13.8 Å². The molecule has 0 spiro atoms. The Morgan fingerprint density at radius 1 is 0.938 bits per heavy atom. The summed E-state index contributed by atoms with van der Waals surface area (Å²) < 4.78 is 0. The van der Waals surface area contributed by atoms with Gasteiger partial charge in [0.2, 0.25) is 23.6 Å². The fourth-order valence-corrected chi connectivity index (χ4v) is 3.30. The Kier molecular flexibility index (Phi) is 14.8. The molecule has 4 unspecified atom stereocenters. The number of thiol groups is 1. The first-order valence-corrected chi connectivity index (χ1v) is 12.2. The summed E-state index contributed by atoms with van der Waals surface area (Å²) in [4.78, 5) is 60.4. The summed E-state index contributed by atoms with van der Waals surface area (Å²) in [6.07, 6.45) is 2.02. The van der Waals surface area contributed by atoms with Crippen molar-refractivity contribution < 1.29 is 29.1 Å². The number of carbonyl (C=O) groups is 5. The molecule has 0 aliphatic heterocycles. The molecule has 0 heterocycles. The van der Waals surface area contributed by atoms with Gasteiger partial charge in [-0.15, -0.1) is 0 Å². The number of nitrogens with two attached hydrogens (primary N) is 2. The molecular formula is C19H35N5O6S2. The molecule has 0 saturated carbocycles. The van der Waals surface area contributed by atoms with Crippen LogP contribution in [0.4, 0.5) is 0 Å². The fourth-order valence-electron chi connectivity index (χ4n) is 2.66. The van der Waals surface area contributed by atoms with Gasteiger partial charge in [-0.2, -0.15) is 24.4 Å². The summed E-state index contributed by atoms with van der Waals surface area (Å²) in [5.41, 5.74) is 10.8. The average Bonchev–Trinajstić information content (AvgIpc) is 2.71. The van der Waals surface area contributed by atoms with Crippen LogP contribution in [0.3, 0.4) is 0 Å². The molecule has 0 radical (unpaired) electrons. The minimum atomic E-state index is -1.17. The third kappa shape index (κ3) is 12.2. The van der Waals surface area contributed by atoms with Crippen LogP contribution < -0.4 is 27.4 Å². The number of thioether (sulfide) groups is 1. The maximum Gasteiger partial charge on any atom is 0.326 e. The van der Waals surface area contributed by atoms with Crippen molar-refractivity contribution in [1.29, 1.82) is 0 Å². The molecule has 0 bridgehead atoms. The molecule has 32 heavy (non-hydrogen) atoms. The van der Waals surface area contributed by atoms with Crippen LogP contribution in [0.25, 0.3) is 0 Å². The smallest absolute Gasteiger partial charge is 0.326 e. The van der Waals surface area contributed by atoms with Crippen LogP contribution in [0.5, 0.6) is 0 Å². The molecule has 0 aliphatic rings. The van der Waals surface area contributed by atoms with Gasteiger partial charge in [0, 0.05) is 12.2 Å². The van der Waals surface area contributed by atoms with Crippen molar-refractivity contribution in [2.45, 2.75) is 63.7 Å². The maximum absolute atomic E-state index is 12.8. The lowest BCUT2D eigenvalue weighted by Gasteiger charge is -2.25. The minimum Gasteiger partial charge on any atom is -0.480 e. The molecule has 4 amide bonds. The van der Waals surface area contributed by atoms with Crippen molar-refractivity contribution in [2.24, 2.45) is 17.4 Å². The van der Waals surface area contributed by atoms with Gasteiger partial charge < -0.3 is 32.5 Å². The maximum atomic E-state index is 12.8. The Morgan fingerprint density at radius 3 is 1.88 bits per heavy atom. The Labute approximate surface area is 198 Å². The van der Waals surface area contributed by atoms with E-state index >= 15 is 0 Å². The lowest BCUT2D eigenvalue weighted by molar-refractivity contribution is -0.142. The Bertz CT molecular complexity index is 664. The first kappa shape index (κ1) is 30.0. The number of rotatable bonds is 16. The number of carboxylic acid groups (broad SMARTS) is 1. The van der Waals surface area contributed by atoms with Crippen LogP contribution in [0.2, 0.25) is 0 Å². The SMILES string of the molecule is CSCCC(NC(=O)C(CCC(N)=O)NC(=O)C(N)CS)C(=O)NC(CC(C)C)C(=O)O. The van der Waals surface area contributed by atoms with Crippen molar-refractivity contribution in [3.63, 3.8) is 0 Å². The number of carbonyl (C=O) groups excluding carboxylic acids is 4. The van der Waals surface area contributed by atoms with Gasteiger partial charge in [0.25, 0.3) is 0 Å². The van der Waals surface area contributed by atoms with Gasteiger partial charge in [0.05, 0.1) is 6.04 Å². The number of hydrogen-bond donors (Lipinski definition) is 7. The largest absolute Gasteiger partial charge is 0.480 e. The summed E-state index contributed by atoms with van der Waals surface area (Å²) in [5, 5.41) is 16.8. The first-order valence-electron chi connectivity index (χ1n) is 10.2. The predicted molar refractivity (Wildman–Crippen MR) is 126 cm³/mol. The normalized spacial score (nSPS) is 14.7. The first-order chi connectivity index (χ1) is 14.9. The third-order valence-electron chi connectivity index (χ3n) is 4.41. The highest BCUT2D eigenvalue weighted by Crippen LogP contribution is 2.08. The average molecular weight is 494 g/mol. The molecule has 0 aromatic carbocycles. The summed E-state index contributed by atoms with van der Waals surface area (Å²) in [5.74, 6) is -3.24. The fraction of sp³-hybridized carbons (Fsp3) is 0.737. The second kappa shape index (κ2) is 15.8. The molecule has 0 fully saturated rings. The standard InChI is InChI=1S/C19H35N5O6S2/c1-10(2)8-14(19(29)30)24-18(28)13(6-7-32-3)23-17(27)12(4-5-15(21)25)22-16(26)11(20)9-31/h10-14,31H,4-9,20H2,1-3H3,(H2,21,25)(H,22,26)(H,23,27)(H,24,28)(H,29,30). The lowest BCUT2D eigenvalue weighted by atomic mass is 10.0. The van der Waals surface area contributed by atoms with Gasteiger partial charge in [-0.25, -0.2) is 4.79 Å². The van der Waals surface area contributed by atoms with Crippen molar-refractivity contribution in [3.05, 3.63) is 0 Å². The Hall–Kier alpha value is -1.99. The quantitative estimate of drug-likeness (QED) is 0.131. The predicted octanol–water partition coefficient (Wildman–Crippen LogP) is -1.15. The number of hydrogen-bond acceptors (Lipinski definition) is 8. The van der Waals surface area contributed by atoms with E-state index in [1.807, 2.05) is 20.1 Å². The van der Waals surface area contributed by atoms with Crippen LogP contribution in [0.1, 0.15) is 39.5 Å². The van der Waals surface area contributed by atoms with E-state index in [0.717, 1.165) is 0 Å². The van der Waals surface area contributed by atoms with Crippen LogP contribution in [-0.2, 0) is 24.0 Å². The van der Waals surface area contributed by atoms with E-state index in [1.54, 1.807) is 0 Å². The Balaban J connectivity index is 5.46. The van der Waals surface area contributed by atoms with E-state index in [0.29, 0.717) is 5.75 Å². The van der Waals surface area contributed by atoms with E-state index in [2.05, 4.69) is 28.6 Å². The molecule has 0 aromatic rings. The summed E-state index contributed by atoms with van der Waals surface area (Å²) in [6, 6.07) is -4.26. The van der Waals surface area contributed by atoms with Gasteiger partial charge in [-0.05, 0) is 37.2 Å². The van der Waals surface area contributed by atoms with E-state index in [4.69, 9.17) is 11.5 Å². The van der Waals surface area contributed by atoms with Crippen molar-refractivity contribution in [2.75, 3.05) is 17.8 Å². The van der Waals surface area contributed by atoms with Crippen molar-refractivity contribution >= 4 is 54.0 Å². The zero-order valence-corrected chi connectivity index (χ0v) is 20.3. The summed E-state index contributed by atoms with van der Waals surface area (Å²) in [7, 11) is 0. The van der Waals surface area contributed by atoms with E-state index < -0.39 is 53.8 Å². The number of primary amides is 1. The molecule has 0 aromatic heterocycles. The van der Waals surface area contributed by atoms with E-state index in [-0.39, 0.29) is 37.4 Å². The molecule has 13 heteroatoms. The highest BCUT2D eigenvalue weighted by atomic mass is 32.2. The molecular weight excluding hydrogens is 458 g/mol. The van der Waals surface area contributed by atoms with E-state index in [1.165, 1.54) is 11.8 Å². The molecule has 0 rings (SSSR count). The topological polar surface area (TPSA) is 194 Å². The minimum absolute atomic E-state index is 0.0278. The zero-order valence-electron chi connectivity index (χ0n) is 18.6. The number of aliphatic carboxylic acids is 1. The van der Waals surface area contributed by atoms with Crippen molar-refractivity contribution in [1.82, 2.24) is 16.0 Å². The van der Waals surface area contributed by atoms with Gasteiger partial charge in [0.15, 0.2) is 0 Å². The van der Waals surface area contributed by atoms with E-state index in [9.17, 15) is 29.1 Å². The third-order valence-corrected chi connectivity index (χ3v) is 5.45. The summed E-state index contributed by atoms with van der Waals surface area (Å²) >= 11 is 5.39.